The van der Waals surface area contributed by atoms with Crippen LogP contribution >= 0.6 is 0 Å². The fraction of sp³-hybridized carbons (Fsp3) is 0.889. The molecule has 0 spiro atoms. The Kier molecular flexibility index (Phi) is 3.53. The minimum atomic E-state index is -0.127. The van der Waals surface area contributed by atoms with Gasteiger partial charge in [-0.25, -0.2) is 0 Å². The quantitative estimate of drug-likeness (QED) is 0.640. The zero-order valence-corrected chi connectivity index (χ0v) is 7.58. The summed E-state index contributed by atoms with van der Waals surface area (Å²) in [5, 5.41) is 0. The highest BCUT2D eigenvalue weighted by Crippen LogP contribution is 2.34. The Morgan fingerprint density at radius 3 is 2.67 bits per heavy atom. The van der Waals surface area contributed by atoms with E-state index in [2.05, 4.69) is 4.74 Å². The molecule has 0 aromatic heterocycles. The van der Waals surface area contributed by atoms with E-state index in [-0.39, 0.29) is 5.97 Å². The van der Waals surface area contributed by atoms with Crippen LogP contribution in [-0.2, 0) is 9.53 Å². The Hall–Kier alpha value is -0.570. The maximum Gasteiger partial charge on any atom is 0.305 e. The SMILES string of the molecule is COC(=O)CC(CN)C1CCC1. The molecule has 1 atom stereocenters. The maximum absolute atomic E-state index is 10.9. The van der Waals surface area contributed by atoms with Crippen LogP contribution in [0.15, 0.2) is 0 Å². The average Bonchev–Trinajstić information content (AvgIpc) is 1.99. The Morgan fingerprint density at radius 2 is 2.33 bits per heavy atom. The third-order valence-corrected chi connectivity index (χ3v) is 2.78. The highest BCUT2D eigenvalue weighted by molar-refractivity contribution is 5.69. The van der Waals surface area contributed by atoms with Crippen molar-refractivity contribution >= 4 is 5.97 Å². The standard InChI is InChI=1S/C9H17NO2/c1-12-9(11)5-8(6-10)7-3-2-4-7/h7-8H,2-6,10H2,1H3. The summed E-state index contributed by atoms with van der Waals surface area (Å²) in [6.07, 6.45) is 4.26. The number of methoxy groups -OCH3 is 1. The lowest BCUT2D eigenvalue weighted by Gasteiger charge is -2.32. The molecule has 0 saturated heterocycles. The summed E-state index contributed by atoms with van der Waals surface area (Å²) in [5.74, 6) is 0.901. The van der Waals surface area contributed by atoms with Crippen LogP contribution in [-0.4, -0.2) is 19.6 Å². The van der Waals surface area contributed by atoms with Crippen molar-refractivity contribution in [2.45, 2.75) is 25.7 Å². The van der Waals surface area contributed by atoms with Crippen LogP contribution in [0.25, 0.3) is 0 Å². The van der Waals surface area contributed by atoms with Crippen LogP contribution in [0.4, 0.5) is 0 Å². The molecule has 0 heterocycles. The van der Waals surface area contributed by atoms with Crippen LogP contribution in [0.1, 0.15) is 25.7 Å². The molecule has 2 N–H and O–H groups in total. The van der Waals surface area contributed by atoms with E-state index in [0.29, 0.717) is 24.8 Å². The van der Waals surface area contributed by atoms with E-state index in [4.69, 9.17) is 5.73 Å². The second-order valence-electron chi connectivity index (χ2n) is 3.47. The van der Waals surface area contributed by atoms with E-state index in [9.17, 15) is 4.79 Å². The lowest BCUT2D eigenvalue weighted by Crippen LogP contribution is -2.30. The van der Waals surface area contributed by atoms with Crippen LogP contribution < -0.4 is 5.73 Å². The van der Waals surface area contributed by atoms with Crippen molar-refractivity contribution in [2.75, 3.05) is 13.7 Å². The zero-order valence-electron chi connectivity index (χ0n) is 7.58. The van der Waals surface area contributed by atoms with Gasteiger partial charge < -0.3 is 10.5 Å². The molecule has 0 amide bonds. The summed E-state index contributed by atoms with van der Waals surface area (Å²) in [6, 6.07) is 0. The summed E-state index contributed by atoms with van der Waals surface area (Å²) in [7, 11) is 1.43. The Bertz CT molecular complexity index is 155. The first-order valence-corrected chi connectivity index (χ1v) is 4.54. The molecule has 70 valence electrons. The number of nitrogens with two attached hydrogens (primary N) is 1. The van der Waals surface area contributed by atoms with Crippen molar-refractivity contribution in [3.8, 4) is 0 Å². The third kappa shape index (κ3) is 2.21. The maximum atomic E-state index is 10.9. The lowest BCUT2D eigenvalue weighted by molar-refractivity contribution is -0.142. The van der Waals surface area contributed by atoms with Gasteiger partial charge >= 0.3 is 5.97 Å². The van der Waals surface area contributed by atoms with Gasteiger partial charge in [-0.15, -0.1) is 0 Å². The molecule has 0 aromatic rings. The predicted octanol–water partition coefficient (Wildman–Crippen LogP) is 0.924. The molecule has 12 heavy (non-hydrogen) atoms. The van der Waals surface area contributed by atoms with Crippen molar-refractivity contribution in [1.29, 1.82) is 0 Å². The summed E-state index contributed by atoms with van der Waals surface area (Å²) in [4.78, 5) is 10.9. The van der Waals surface area contributed by atoms with Gasteiger partial charge in [0.1, 0.15) is 0 Å². The van der Waals surface area contributed by atoms with Gasteiger partial charge in [-0.3, -0.25) is 4.79 Å². The molecule has 1 aliphatic carbocycles. The first-order valence-electron chi connectivity index (χ1n) is 4.54. The molecule has 1 unspecified atom stereocenters. The summed E-state index contributed by atoms with van der Waals surface area (Å²) >= 11 is 0. The third-order valence-electron chi connectivity index (χ3n) is 2.78. The molecular formula is C9H17NO2. The topological polar surface area (TPSA) is 52.3 Å². The normalized spacial score (nSPS) is 19.8. The van der Waals surface area contributed by atoms with Gasteiger partial charge in [0.25, 0.3) is 0 Å². The molecular weight excluding hydrogens is 154 g/mol. The van der Waals surface area contributed by atoms with Crippen LogP contribution in [0, 0.1) is 11.8 Å². The van der Waals surface area contributed by atoms with Gasteiger partial charge in [0.15, 0.2) is 0 Å². The highest BCUT2D eigenvalue weighted by Gasteiger charge is 2.27. The van der Waals surface area contributed by atoms with E-state index >= 15 is 0 Å². The largest absolute Gasteiger partial charge is 0.469 e. The minimum absolute atomic E-state index is 0.127. The van der Waals surface area contributed by atoms with Gasteiger partial charge in [0.05, 0.1) is 7.11 Å². The van der Waals surface area contributed by atoms with E-state index in [1.165, 1.54) is 26.4 Å². The van der Waals surface area contributed by atoms with Gasteiger partial charge in [-0.1, -0.05) is 19.3 Å². The van der Waals surface area contributed by atoms with Crippen molar-refractivity contribution in [3.05, 3.63) is 0 Å². The highest BCUT2D eigenvalue weighted by atomic mass is 16.5. The van der Waals surface area contributed by atoms with Gasteiger partial charge in [-0.2, -0.15) is 0 Å². The summed E-state index contributed by atoms with van der Waals surface area (Å²) in [5.41, 5.74) is 5.58. The minimum Gasteiger partial charge on any atom is -0.469 e. The monoisotopic (exact) mass is 171 g/mol. The van der Waals surface area contributed by atoms with Gasteiger partial charge in [-0.05, 0) is 18.4 Å². The number of carbonyl (C=O) groups is 1. The second kappa shape index (κ2) is 4.45. The molecule has 1 saturated carbocycles. The van der Waals surface area contributed by atoms with Gasteiger partial charge in [0, 0.05) is 6.42 Å². The van der Waals surface area contributed by atoms with Crippen LogP contribution in [0.3, 0.4) is 0 Å². The summed E-state index contributed by atoms with van der Waals surface area (Å²) in [6.45, 7) is 0.611. The fourth-order valence-electron chi connectivity index (χ4n) is 1.65. The number of ether oxygens (including phenoxy) is 1. The molecule has 3 nitrogen and oxygen atoms in total. The number of rotatable bonds is 4. The van der Waals surface area contributed by atoms with Crippen LogP contribution in [0.5, 0.6) is 0 Å². The number of esters is 1. The molecule has 0 aromatic carbocycles. The summed E-state index contributed by atoms with van der Waals surface area (Å²) < 4.78 is 4.61. The number of hydrogen-bond acceptors (Lipinski definition) is 3. The van der Waals surface area contributed by atoms with Crippen molar-refractivity contribution in [1.82, 2.24) is 0 Å². The number of carbonyl (C=O) groups excluding carboxylic acids is 1. The van der Waals surface area contributed by atoms with E-state index < -0.39 is 0 Å². The molecule has 1 aliphatic rings. The Morgan fingerprint density at radius 1 is 1.67 bits per heavy atom. The zero-order chi connectivity index (χ0) is 8.97. The fourth-order valence-corrected chi connectivity index (χ4v) is 1.65. The van der Waals surface area contributed by atoms with Crippen molar-refractivity contribution < 1.29 is 9.53 Å². The second-order valence-corrected chi connectivity index (χ2v) is 3.47. The smallest absolute Gasteiger partial charge is 0.305 e. The van der Waals surface area contributed by atoms with E-state index in [1.54, 1.807) is 0 Å². The first-order chi connectivity index (χ1) is 5.77. The van der Waals surface area contributed by atoms with E-state index in [0.717, 1.165) is 0 Å². The molecule has 0 aliphatic heterocycles. The van der Waals surface area contributed by atoms with Crippen molar-refractivity contribution in [2.24, 2.45) is 17.6 Å². The molecule has 3 heteroatoms. The molecule has 1 fully saturated rings. The predicted molar refractivity (Wildman–Crippen MR) is 46.5 cm³/mol. The average molecular weight is 171 g/mol. The molecule has 0 bridgehead atoms. The lowest BCUT2D eigenvalue weighted by atomic mass is 9.74. The molecule has 0 radical (unpaired) electrons. The van der Waals surface area contributed by atoms with Crippen LogP contribution in [0.2, 0.25) is 0 Å². The molecule has 1 rings (SSSR count). The van der Waals surface area contributed by atoms with Gasteiger partial charge in [0.2, 0.25) is 0 Å². The Labute approximate surface area is 73.3 Å². The van der Waals surface area contributed by atoms with Crippen molar-refractivity contribution in [3.63, 3.8) is 0 Å². The Balaban J connectivity index is 2.29. The van der Waals surface area contributed by atoms with E-state index in [1.807, 2.05) is 0 Å². The first kappa shape index (κ1) is 9.52. The number of hydrogen-bond donors (Lipinski definition) is 1.